The maximum atomic E-state index is 14.2. The van der Waals surface area contributed by atoms with Crippen molar-refractivity contribution in [1.29, 1.82) is 0 Å². The molecule has 226 valence electrons. The van der Waals surface area contributed by atoms with Gasteiger partial charge in [0.2, 0.25) is 5.82 Å². The van der Waals surface area contributed by atoms with E-state index in [1.807, 2.05) is 38.1 Å². The lowest BCUT2D eigenvalue weighted by atomic mass is 9.84. The fourth-order valence-corrected chi connectivity index (χ4v) is 6.44. The summed E-state index contributed by atoms with van der Waals surface area (Å²) in [5, 5.41) is 15.8. The maximum absolute atomic E-state index is 14.2. The van der Waals surface area contributed by atoms with Crippen molar-refractivity contribution in [3.05, 3.63) is 71.4 Å². The second-order valence-electron chi connectivity index (χ2n) is 11.9. The molecule has 2 aliphatic rings. The topological polar surface area (TPSA) is 119 Å². The van der Waals surface area contributed by atoms with Gasteiger partial charge in [0.1, 0.15) is 23.8 Å². The second-order valence-corrected chi connectivity index (χ2v) is 11.9. The lowest BCUT2D eigenvalue weighted by Crippen LogP contribution is -2.48. The van der Waals surface area contributed by atoms with Crippen LogP contribution in [-0.4, -0.2) is 38.1 Å². The van der Waals surface area contributed by atoms with Gasteiger partial charge in [-0.1, -0.05) is 50.7 Å². The lowest BCUT2D eigenvalue weighted by molar-refractivity contribution is -0.128. The summed E-state index contributed by atoms with van der Waals surface area (Å²) >= 11 is 0. The van der Waals surface area contributed by atoms with E-state index in [1.54, 1.807) is 12.1 Å². The van der Waals surface area contributed by atoms with E-state index in [9.17, 15) is 9.59 Å². The third kappa shape index (κ3) is 6.73. The number of carbonyl (C=O) groups is 2. The Balaban J connectivity index is 1.33. The van der Waals surface area contributed by atoms with Crippen LogP contribution < -0.4 is 10.2 Å². The number of furan rings is 2. The number of benzene rings is 1. The van der Waals surface area contributed by atoms with Crippen LogP contribution in [-0.2, 0) is 16.1 Å². The number of nitrogens with one attached hydrogen (secondary N) is 1. The average Bonchev–Trinajstić information content (AvgIpc) is 3.78. The van der Waals surface area contributed by atoms with Crippen LogP contribution in [0.15, 0.2) is 57.4 Å². The lowest BCUT2D eigenvalue weighted by Gasteiger charge is -2.32. The average molecular weight is 585 g/mol. The van der Waals surface area contributed by atoms with E-state index in [1.165, 1.54) is 53.8 Å². The van der Waals surface area contributed by atoms with E-state index in [0.717, 1.165) is 31.4 Å². The summed E-state index contributed by atoms with van der Waals surface area (Å²) in [6.45, 7) is 3.45. The SMILES string of the molecule is Cc1ccc(-c2nnn(CC(=O)N(c3ccc(C4CCCCC4)cc3)[C@@H](C(=O)NC3CCCCC3)c3ccc(C)o3)n2)o1. The third-order valence-electron chi connectivity index (χ3n) is 8.70. The highest BCUT2D eigenvalue weighted by atomic mass is 16.3. The quantitative estimate of drug-likeness (QED) is 0.241. The molecule has 1 aromatic carbocycles. The van der Waals surface area contributed by atoms with Crippen LogP contribution in [0.4, 0.5) is 5.69 Å². The first kappa shape index (κ1) is 28.9. The summed E-state index contributed by atoms with van der Waals surface area (Å²) in [5.41, 5.74) is 1.88. The predicted molar refractivity (Wildman–Crippen MR) is 161 cm³/mol. The number of anilines is 1. The summed E-state index contributed by atoms with van der Waals surface area (Å²) in [4.78, 5) is 31.1. The molecule has 0 radical (unpaired) electrons. The van der Waals surface area contributed by atoms with Gasteiger partial charge in [0, 0.05) is 11.7 Å². The maximum Gasteiger partial charge on any atom is 0.251 e. The largest absolute Gasteiger partial charge is 0.464 e. The zero-order chi connectivity index (χ0) is 29.8. The molecule has 3 heterocycles. The number of tetrazole rings is 1. The van der Waals surface area contributed by atoms with Crippen LogP contribution in [0, 0.1) is 13.8 Å². The van der Waals surface area contributed by atoms with Crippen molar-refractivity contribution in [1.82, 2.24) is 25.5 Å². The fourth-order valence-electron chi connectivity index (χ4n) is 6.44. The Hall–Kier alpha value is -4.21. The Bertz CT molecular complexity index is 1520. The second kappa shape index (κ2) is 13.0. The highest BCUT2D eigenvalue weighted by molar-refractivity contribution is 6.01. The minimum Gasteiger partial charge on any atom is -0.464 e. The van der Waals surface area contributed by atoms with Crippen LogP contribution in [0.1, 0.15) is 99.0 Å². The predicted octanol–water partition coefficient (Wildman–Crippen LogP) is 6.41. The van der Waals surface area contributed by atoms with Crippen molar-refractivity contribution in [2.75, 3.05) is 4.90 Å². The van der Waals surface area contributed by atoms with Crippen molar-refractivity contribution in [3.63, 3.8) is 0 Å². The molecule has 0 aliphatic heterocycles. The highest BCUT2D eigenvalue weighted by Crippen LogP contribution is 2.35. The van der Waals surface area contributed by atoms with Gasteiger partial charge in [0.25, 0.3) is 11.8 Å². The molecule has 0 spiro atoms. The van der Waals surface area contributed by atoms with Crippen molar-refractivity contribution in [2.24, 2.45) is 0 Å². The molecule has 2 saturated carbocycles. The zero-order valence-electron chi connectivity index (χ0n) is 25.0. The van der Waals surface area contributed by atoms with Crippen LogP contribution in [0.3, 0.4) is 0 Å². The zero-order valence-corrected chi connectivity index (χ0v) is 25.0. The standard InChI is InChI=1S/C33H40N6O4/c1-22-13-19-28(42-22)31(33(41)34-26-11-7-4-8-12-26)39(27-17-15-25(16-18-27)24-9-5-3-6-10-24)30(40)21-38-36-32(35-37-38)29-20-14-23(2)43-29/h13-20,24,26,31H,3-12,21H2,1-2H3,(H,34,41)/t31-/m1/s1. The van der Waals surface area contributed by atoms with Gasteiger partial charge in [-0.05, 0) is 92.6 Å². The molecule has 2 fully saturated rings. The molecule has 6 rings (SSSR count). The van der Waals surface area contributed by atoms with E-state index < -0.39 is 6.04 Å². The van der Waals surface area contributed by atoms with Gasteiger partial charge in [0.05, 0.1) is 0 Å². The number of carbonyl (C=O) groups excluding carboxylic acids is 2. The van der Waals surface area contributed by atoms with E-state index in [4.69, 9.17) is 8.83 Å². The Morgan fingerprint density at radius 3 is 2.21 bits per heavy atom. The number of aryl methyl sites for hydroxylation is 2. The van der Waals surface area contributed by atoms with Crippen molar-refractivity contribution in [2.45, 2.75) is 103 Å². The molecule has 10 nitrogen and oxygen atoms in total. The van der Waals surface area contributed by atoms with Crippen LogP contribution in [0.5, 0.6) is 0 Å². The monoisotopic (exact) mass is 584 g/mol. The highest BCUT2D eigenvalue weighted by Gasteiger charge is 2.37. The summed E-state index contributed by atoms with van der Waals surface area (Å²) in [7, 11) is 0. The first-order valence-electron chi connectivity index (χ1n) is 15.6. The first-order valence-corrected chi connectivity index (χ1v) is 15.6. The Labute approximate surface area is 251 Å². The summed E-state index contributed by atoms with van der Waals surface area (Å²) in [6.07, 6.45) is 11.3. The number of aromatic nitrogens is 4. The van der Waals surface area contributed by atoms with E-state index in [2.05, 4.69) is 32.9 Å². The minimum absolute atomic E-state index is 0.0710. The molecule has 2 aliphatic carbocycles. The molecule has 2 amide bonds. The minimum atomic E-state index is -1.00. The summed E-state index contributed by atoms with van der Waals surface area (Å²) in [6, 6.07) is 14.4. The van der Waals surface area contributed by atoms with Crippen molar-refractivity contribution < 1.29 is 18.4 Å². The fraction of sp³-hybridized carbons (Fsp3) is 0.485. The number of hydrogen-bond donors (Lipinski definition) is 1. The van der Waals surface area contributed by atoms with Gasteiger partial charge < -0.3 is 14.2 Å². The molecule has 1 atom stereocenters. The number of rotatable bonds is 9. The van der Waals surface area contributed by atoms with E-state index in [-0.39, 0.29) is 30.2 Å². The summed E-state index contributed by atoms with van der Waals surface area (Å²) < 4.78 is 11.7. The normalized spacial score (nSPS) is 17.1. The van der Waals surface area contributed by atoms with Crippen molar-refractivity contribution >= 4 is 17.5 Å². The Morgan fingerprint density at radius 1 is 0.884 bits per heavy atom. The molecule has 0 bridgehead atoms. The molecule has 4 aromatic rings. The number of nitrogens with zero attached hydrogens (tertiary/aromatic N) is 5. The van der Waals surface area contributed by atoms with Crippen molar-refractivity contribution in [3.8, 4) is 11.6 Å². The first-order chi connectivity index (χ1) is 20.9. The molecular weight excluding hydrogens is 544 g/mol. The molecule has 1 N–H and O–H groups in total. The summed E-state index contributed by atoms with van der Waals surface area (Å²) in [5.74, 6) is 2.47. The third-order valence-corrected chi connectivity index (χ3v) is 8.70. The van der Waals surface area contributed by atoms with Crippen LogP contribution in [0.25, 0.3) is 11.6 Å². The molecule has 10 heteroatoms. The smallest absolute Gasteiger partial charge is 0.251 e. The van der Waals surface area contributed by atoms with Gasteiger partial charge >= 0.3 is 0 Å². The van der Waals surface area contributed by atoms with Gasteiger partial charge in [-0.15, -0.1) is 10.2 Å². The van der Waals surface area contributed by atoms with Gasteiger partial charge in [-0.3, -0.25) is 14.5 Å². The van der Waals surface area contributed by atoms with Crippen LogP contribution in [0.2, 0.25) is 0 Å². The molecule has 0 saturated heterocycles. The van der Waals surface area contributed by atoms with Gasteiger partial charge in [-0.25, -0.2) is 0 Å². The van der Waals surface area contributed by atoms with E-state index in [0.29, 0.717) is 28.9 Å². The number of hydrogen-bond acceptors (Lipinski definition) is 7. The number of amides is 2. The molecule has 0 unspecified atom stereocenters. The van der Waals surface area contributed by atoms with Gasteiger partial charge in [-0.2, -0.15) is 4.80 Å². The Kier molecular flexibility index (Phi) is 8.72. The molecule has 3 aromatic heterocycles. The van der Waals surface area contributed by atoms with Gasteiger partial charge in [0.15, 0.2) is 11.8 Å². The molecule has 43 heavy (non-hydrogen) atoms. The van der Waals surface area contributed by atoms with E-state index >= 15 is 0 Å². The Morgan fingerprint density at radius 2 is 1.56 bits per heavy atom. The molecular formula is C33H40N6O4. The van der Waals surface area contributed by atoms with Crippen LogP contribution >= 0.6 is 0 Å².